The topological polar surface area (TPSA) is 57.7 Å². The molecule has 1 saturated heterocycles. The van der Waals surface area contributed by atoms with Crippen LogP contribution >= 0.6 is 11.3 Å². The number of hydrogen-bond donors (Lipinski definition) is 0. The van der Waals surface area contributed by atoms with Gasteiger partial charge in [0.15, 0.2) is 0 Å². The smallest absolute Gasteiger partial charge is 0.341 e. The van der Waals surface area contributed by atoms with Crippen LogP contribution in [-0.4, -0.2) is 37.4 Å². The Kier molecular flexibility index (Phi) is 4.08. The van der Waals surface area contributed by atoms with Crippen LogP contribution in [0.25, 0.3) is 10.6 Å². The third kappa shape index (κ3) is 2.82. The van der Waals surface area contributed by atoms with Gasteiger partial charge < -0.3 is 14.2 Å². The molecule has 0 spiro atoms. The lowest BCUT2D eigenvalue weighted by Crippen LogP contribution is -2.38. The van der Waals surface area contributed by atoms with E-state index in [1.807, 2.05) is 6.92 Å². The molecule has 0 unspecified atom stereocenters. The molecule has 3 rings (SSSR count). The maximum absolute atomic E-state index is 14.6. The number of carbonyl (C=O) groups is 1. The minimum atomic E-state index is -0.748. The number of esters is 1. The van der Waals surface area contributed by atoms with Gasteiger partial charge in [0.2, 0.25) is 0 Å². The monoisotopic (exact) mass is 323 g/mol. The van der Waals surface area contributed by atoms with Gasteiger partial charge in [0.1, 0.15) is 22.7 Å². The highest BCUT2D eigenvalue weighted by Crippen LogP contribution is 2.33. The lowest BCUT2D eigenvalue weighted by Gasteiger charge is -2.27. The number of aryl methyl sites for hydroxylation is 1. The number of aromatic nitrogens is 1. The number of benzene rings is 1. The van der Waals surface area contributed by atoms with Gasteiger partial charge in [-0.25, -0.2) is 14.2 Å². The molecule has 1 aromatic heterocycles. The zero-order valence-corrected chi connectivity index (χ0v) is 12.9. The zero-order chi connectivity index (χ0) is 15.7. The van der Waals surface area contributed by atoms with Crippen LogP contribution in [0, 0.1) is 12.7 Å². The van der Waals surface area contributed by atoms with Crippen LogP contribution in [0.1, 0.15) is 15.2 Å². The van der Waals surface area contributed by atoms with Crippen LogP contribution < -0.4 is 4.74 Å². The summed E-state index contributed by atoms with van der Waals surface area (Å²) >= 11 is 1.35. The number of methoxy groups -OCH3 is 1. The lowest BCUT2D eigenvalue weighted by molar-refractivity contribution is -0.0797. The Hall–Kier alpha value is -1.99. The van der Waals surface area contributed by atoms with Gasteiger partial charge in [-0.3, -0.25) is 0 Å². The van der Waals surface area contributed by atoms with Gasteiger partial charge in [0.25, 0.3) is 0 Å². The normalized spacial score (nSPS) is 14.5. The third-order valence-corrected chi connectivity index (χ3v) is 4.16. The molecular weight excluding hydrogens is 309 g/mol. The highest BCUT2D eigenvalue weighted by molar-refractivity contribution is 7.14. The van der Waals surface area contributed by atoms with E-state index in [1.165, 1.54) is 24.5 Å². The predicted molar refractivity (Wildman–Crippen MR) is 78.8 cm³/mol. The van der Waals surface area contributed by atoms with E-state index in [-0.39, 0.29) is 17.2 Å². The average molecular weight is 323 g/mol. The summed E-state index contributed by atoms with van der Waals surface area (Å²) in [5.74, 6) is -1.00. The first-order valence-corrected chi connectivity index (χ1v) is 7.49. The van der Waals surface area contributed by atoms with Crippen molar-refractivity contribution in [1.82, 2.24) is 4.98 Å². The van der Waals surface area contributed by atoms with Crippen LogP contribution in [0.3, 0.4) is 0 Å². The van der Waals surface area contributed by atoms with Crippen molar-refractivity contribution in [1.29, 1.82) is 0 Å². The quantitative estimate of drug-likeness (QED) is 0.810. The van der Waals surface area contributed by atoms with E-state index in [0.29, 0.717) is 24.0 Å². The molecule has 2 heterocycles. The number of carbonyl (C=O) groups excluding carboxylic acids is 1. The molecule has 1 aliphatic rings. The molecule has 0 bridgehead atoms. The summed E-state index contributed by atoms with van der Waals surface area (Å²) in [7, 11) is 1.21. The minimum absolute atomic E-state index is 0.0816. The average Bonchev–Trinajstić information content (AvgIpc) is 2.89. The van der Waals surface area contributed by atoms with Gasteiger partial charge in [-0.2, -0.15) is 0 Å². The van der Waals surface area contributed by atoms with E-state index in [2.05, 4.69) is 9.72 Å². The van der Waals surface area contributed by atoms with Gasteiger partial charge in [0.05, 0.1) is 31.5 Å². The molecule has 0 radical (unpaired) electrons. The molecule has 1 fully saturated rings. The fraction of sp³-hybridized carbons (Fsp3) is 0.333. The number of nitrogens with zero attached hydrogens (tertiary/aromatic N) is 1. The van der Waals surface area contributed by atoms with Crippen molar-refractivity contribution in [2.75, 3.05) is 20.3 Å². The number of halogens is 1. The van der Waals surface area contributed by atoms with Gasteiger partial charge in [-0.15, -0.1) is 11.3 Å². The predicted octanol–water partition coefficient (Wildman–Crippen LogP) is 2.82. The van der Waals surface area contributed by atoms with Crippen molar-refractivity contribution in [3.05, 3.63) is 34.6 Å². The Balaban J connectivity index is 2.05. The molecule has 0 amide bonds. The zero-order valence-electron chi connectivity index (χ0n) is 12.1. The Morgan fingerprint density at radius 2 is 2.23 bits per heavy atom. The molecular formula is C15H14FNO4S. The largest absolute Gasteiger partial charge is 0.486 e. The van der Waals surface area contributed by atoms with E-state index in [0.717, 1.165) is 4.88 Å². The van der Waals surface area contributed by atoms with Gasteiger partial charge in [0, 0.05) is 11.1 Å². The molecule has 2 aromatic rings. The van der Waals surface area contributed by atoms with Crippen molar-refractivity contribution in [3.63, 3.8) is 0 Å². The Labute approximate surface area is 130 Å². The molecule has 7 heteroatoms. The first-order valence-electron chi connectivity index (χ1n) is 6.67. The van der Waals surface area contributed by atoms with Gasteiger partial charge >= 0.3 is 5.97 Å². The summed E-state index contributed by atoms with van der Waals surface area (Å²) < 4.78 is 30.0. The fourth-order valence-corrected chi connectivity index (χ4v) is 2.81. The Bertz CT molecular complexity index is 712. The summed E-state index contributed by atoms with van der Waals surface area (Å²) in [5, 5.41) is 0.496. The van der Waals surface area contributed by atoms with Crippen molar-refractivity contribution in [2.45, 2.75) is 13.0 Å². The maximum atomic E-state index is 14.6. The first kappa shape index (κ1) is 14.9. The SMILES string of the molecule is COC(=O)c1cc(OC2COC2)cc(-c2ncc(C)s2)c1F. The summed E-state index contributed by atoms with van der Waals surface area (Å²) in [6.45, 7) is 2.85. The van der Waals surface area contributed by atoms with Crippen molar-refractivity contribution in [2.24, 2.45) is 0 Å². The summed E-state index contributed by atoms with van der Waals surface area (Å²) in [6, 6.07) is 2.90. The molecule has 0 saturated carbocycles. The first-order chi connectivity index (χ1) is 10.6. The summed E-state index contributed by atoms with van der Waals surface area (Å²) in [4.78, 5) is 16.9. The Morgan fingerprint density at radius 1 is 1.45 bits per heavy atom. The number of hydrogen-bond acceptors (Lipinski definition) is 6. The molecule has 22 heavy (non-hydrogen) atoms. The second kappa shape index (κ2) is 6.02. The van der Waals surface area contributed by atoms with Crippen molar-refractivity contribution in [3.8, 4) is 16.3 Å². The molecule has 0 aliphatic carbocycles. The standard InChI is InChI=1S/C15H14FNO4S/c1-8-5-17-14(22-8)11-3-9(21-10-6-20-7-10)4-12(13(11)16)15(18)19-2/h3-5,10H,6-7H2,1-2H3. The van der Waals surface area contributed by atoms with E-state index in [4.69, 9.17) is 9.47 Å². The highest BCUT2D eigenvalue weighted by atomic mass is 32.1. The lowest BCUT2D eigenvalue weighted by atomic mass is 10.1. The van der Waals surface area contributed by atoms with Crippen molar-refractivity contribution < 1.29 is 23.4 Å². The fourth-order valence-electron chi connectivity index (χ4n) is 2.03. The van der Waals surface area contributed by atoms with Gasteiger partial charge in [-0.1, -0.05) is 0 Å². The molecule has 5 nitrogen and oxygen atoms in total. The third-order valence-electron chi connectivity index (χ3n) is 3.21. The van der Waals surface area contributed by atoms with Crippen LogP contribution in [0.15, 0.2) is 18.3 Å². The number of thiazole rings is 1. The van der Waals surface area contributed by atoms with Crippen LogP contribution in [0.2, 0.25) is 0 Å². The highest BCUT2D eigenvalue weighted by Gasteiger charge is 2.24. The summed E-state index contributed by atoms with van der Waals surface area (Å²) in [5.41, 5.74) is 0.0688. The number of ether oxygens (including phenoxy) is 3. The molecule has 116 valence electrons. The number of rotatable bonds is 4. The van der Waals surface area contributed by atoms with Gasteiger partial charge in [-0.05, 0) is 19.1 Å². The second-order valence-electron chi connectivity index (χ2n) is 4.88. The van der Waals surface area contributed by atoms with Crippen LogP contribution in [0.4, 0.5) is 4.39 Å². The van der Waals surface area contributed by atoms with E-state index < -0.39 is 11.8 Å². The Morgan fingerprint density at radius 3 is 2.77 bits per heavy atom. The molecule has 1 aliphatic heterocycles. The minimum Gasteiger partial charge on any atom is -0.486 e. The van der Waals surface area contributed by atoms with E-state index in [9.17, 15) is 9.18 Å². The molecule has 0 atom stereocenters. The van der Waals surface area contributed by atoms with Crippen molar-refractivity contribution >= 4 is 17.3 Å². The molecule has 1 aromatic carbocycles. The molecule has 0 N–H and O–H groups in total. The maximum Gasteiger partial charge on any atom is 0.341 e. The van der Waals surface area contributed by atoms with Crippen LogP contribution in [0.5, 0.6) is 5.75 Å². The second-order valence-corrected chi connectivity index (χ2v) is 6.11. The van der Waals surface area contributed by atoms with E-state index in [1.54, 1.807) is 12.3 Å². The summed E-state index contributed by atoms with van der Waals surface area (Å²) in [6.07, 6.45) is 1.58. The van der Waals surface area contributed by atoms with Crippen LogP contribution in [-0.2, 0) is 9.47 Å². The van der Waals surface area contributed by atoms with E-state index >= 15 is 0 Å².